The highest BCUT2D eigenvalue weighted by molar-refractivity contribution is 9.10. The third kappa shape index (κ3) is 5.42. The Balaban J connectivity index is 1.55. The maximum atomic E-state index is 13.8. The lowest BCUT2D eigenvalue weighted by Gasteiger charge is -2.26. The third-order valence-electron chi connectivity index (χ3n) is 6.37. The molecule has 5 rings (SSSR count). The summed E-state index contributed by atoms with van der Waals surface area (Å²) >= 11 is 7.05. The van der Waals surface area contributed by atoms with Crippen LogP contribution >= 0.6 is 31.9 Å². The monoisotopic (exact) mass is 688 g/mol. The summed E-state index contributed by atoms with van der Waals surface area (Å²) in [6.45, 7) is -0.257. The highest BCUT2D eigenvalue weighted by Gasteiger charge is 2.29. The average molecular weight is 690 g/mol. The normalized spacial score (nSPS) is 12.5. The topological polar surface area (TPSA) is 128 Å². The lowest BCUT2D eigenvalue weighted by atomic mass is 10.2. The number of pyridine rings is 1. The van der Waals surface area contributed by atoms with Crippen LogP contribution in [0.2, 0.25) is 0 Å². The summed E-state index contributed by atoms with van der Waals surface area (Å²) in [5.74, 6) is 0.223. The number of hydrogen-bond acceptors (Lipinski definition) is 7. The summed E-state index contributed by atoms with van der Waals surface area (Å²) in [6, 6.07) is 20.9. The van der Waals surface area contributed by atoms with Gasteiger partial charge in [-0.15, -0.1) is 0 Å². The molecule has 0 aliphatic carbocycles. The molecule has 1 atom stereocenters. The zero-order chi connectivity index (χ0) is 28.6. The Kier molecular flexibility index (Phi) is 7.82. The van der Waals surface area contributed by atoms with Crippen molar-refractivity contribution >= 4 is 75.2 Å². The van der Waals surface area contributed by atoms with Crippen LogP contribution < -0.4 is 9.04 Å². The maximum absolute atomic E-state index is 13.8. The van der Waals surface area contributed by atoms with E-state index in [1.165, 1.54) is 13.2 Å². The van der Waals surface area contributed by atoms with E-state index in [1.54, 1.807) is 12.1 Å². The number of benzene rings is 3. The second-order valence-electron chi connectivity index (χ2n) is 8.91. The van der Waals surface area contributed by atoms with Crippen LogP contribution in [0.4, 0.5) is 11.5 Å². The van der Waals surface area contributed by atoms with Crippen LogP contribution in [0.5, 0.6) is 5.88 Å². The molecule has 13 heteroatoms. The zero-order valence-corrected chi connectivity index (χ0v) is 24.9. The fourth-order valence-electron chi connectivity index (χ4n) is 4.54. The number of aliphatic hydroxyl groups is 1. The second kappa shape index (κ2) is 11.2. The van der Waals surface area contributed by atoms with Gasteiger partial charge in [0.1, 0.15) is 5.82 Å². The number of nitrogens with zero attached hydrogens (tertiary/aromatic N) is 4. The molecule has 40 heavy (non-hydrogen) atoms. The van der Waals surface area contributed by atoms with Crippen molar-refractivity contribution in [3.8, 4) is 5.88 Å². The van der Waals surface area contributed by atoms with E-state index in [0.29, 0.717) is 0 Å². The Morgan fingerprint density at radius 1 is 1.00 bits per heavy atom. The summed E-state index contributed by atoms with van der Waals surface area (Å²) in [4.78, 5) is 14.6. The van der Waals surface area contributed by atoms with E-state index in [0.717, 1.165) is 59.3 Å². The Hall–Kier alpha value is -3.52. The molecule has 1 N–H and O–H groups in total. The van der Waals surface area contributed by atoms with E-state index in [1.807, 2.05) is 41.0 Å². The first-order chi connectivity index (χ1) is 19.1. The van der Waals surface area contributed by atoms with Crippen molar-refractivity contribution in [2.75, 3.05) is 18.0 Å². The molecular formula is C27H22Br2N4O6S. The molecule has 10 nitrogen and oxygen atoms in total. The maximum Gasteiger partial charge on any atom is 0.269 e. The molecule has 0 amide bonds. The van der Waals surface area contributed by atoms with Gasteiger partial charge in [0.2, 0.25) is 5.88 Å². The number of methoxy groups -OCH3 is 1. The van der Waals surface area contributed by atoms with E-state index >= 15 is 0 Å². The summed E-state index contributed by atoms with van der Waals surface area (Å²) in [7, 11) is -2.87. The Morgan fingerprint density at radius 3 is 2.15 bits per heavy atom. The third-order valence-corrected chi connectivity index (χ3v) is 9.14. The largest absolute Gasteiger partial charge is 0.481 e. The lowest BCUT2D eigenvalue weighted by Crippen LogP contribution is -2.39. The van der Waals surface area contributed by atoms with Crippen LogP contribution in [-0.2, 0) is 16.6 Å². The number of halogens is 2. The number of hydrogen-bond donors (Lipinski definition) is 1. The average Bonchev–Trinajstić information content (AvgIpc) is 3.23. The summed E-state index contributed by atoms with van der Waals surface area (Å²) < 4.78 is 37.5. The highest BCUT2D eigenvalue weighted by Crippen LogP contribution is 2.34. The Morgan fingerprint density at radius 2 is 1.60 bits per heavy atom. The molecule has 1 unspecified atom stereocenters. The fraction of sp³-hybridized carbons (Fsp3) is 0.148. The number of ether oxygens (including phenoxy) is 1. The molecular weight excluding hydrogens is 668 g/mol. The molecule has 0 saturated heterocycles. The van der Waals surface area contributed by atoms with Gasteiger partial charge in [-0.25, -0.2) is 12.7 Å². The van der Waals surface area contributed by atoms with Crippen LogP contribution in [0.15, 0.2) is 92.7 Å². The number of aromatic nitrogens is 2. The molecule has 0 spiro atoms. The molecule has 5 aromatic rings. The van der Waals surface area contributed by atoms with Gasteiger partial charge in [-0.3, -0.25) is 10.1 Å². The van der Waals surface area contributed by atoms with Crippen molar-refractivity contribution in [1.29, 1.82) is 0 Å². The molecule has 0 radical (unpaired) electrons. The van der Waals surface area contributed by atoms with Gasteiger partial charge in [-0.1, -0.05) is 37.9 Å². The molecule has 206 valence electrons. The van der Waals surface area contributed by atoms with Gasteiger partial charge in [0.15, 0.2) is 0 Å². The Bertz CT molecular complexity index is 1780. The number of fused-ring (bicyclic) bond motifs is 3. The van der Waals surface area contributed by atoms with Crippen LogP contribution in [0.1, 0.15) is 0 Å². The predicted molar refractivity (Wildman–Crippen MR) is 159 cm³/mol. The smallest absolute Gasteiger partial charge is 0.269 e. The summed E-state index contributed by atoms with van der Waals surface area (Å²) in [5, 5.41) is 24.4. The summed E-state index contributed by atoms with van der Waals surface area (Å²) in [5.41, 5.74) is 1.51. The van der Waals surface area contributed by atoms with Crippen molar-refractivity contribution in [3.05, 3.63) is 97.9 Å². The highest BCUT2D eigenvalue weighted by atomic mass is 79.9. The number of sulfonamides is 1. The van der Waals surface area contributed by atoms with Crippen molar-refractivity contribution in [3.63, 3.8) is 0 Å². The number of anilines is 1. The number of rotatable bonds is 9. The van der Waals surface area contributed by atoms with Crippen molar-refractivity contribution < 1.29 is 23.2 Å². The summed E-state index contributed by atoms with van der Waals surface area (Å²) in [6.07, 6.45) is -1.16. The Labute approximate surface area is 246 Å². The molecule has 3 aromatic carbocycles. The van der Waals surface area contributed by atoms with E-state index in [9.17, 15) is 23.6 Å². The fourth-order valence-corrected chi connectivity index (χ4v) is 6.72. The number of aliphatic hydroxyl groups excluding tert-OH is 1. The van der Waals surface area contributed by atoms with Gasteiger partial charge in [-0.2, -0.15) is 4.98 Å². The van der Waals surface area contributed by atoms with Crippen LogP contribution in [0.25, 0.3) is 21.8 Å². The zero-order valence-electron chi connectivity index (χ0n) is 20.9. The van der Waals surface area contributed by atoms with Crippen molar-refractivity contribution in [2.45, 2.75) is 17.5 Å². The SMILES string of the molecule is COc1cccc(N(CC(O)Cn2c3ccc(Br)cc3c3cc(Br)ccc32)S(=O)(=O)c2ccc([N+](=O)[O-])cc2)n1. The van der Waals surface area contributed by atoms with Crippen LogP contribution in [0, 0.1) is 10.1 Å². The quantitative estimate of drug-likeness (QED) is 0.151. The van der Waals surface area contributed by atoms with Gasteiger partial charge in [0.25, 0.3) is 15.7 Å². The molecule has 0 bridgehead atoms. The van der Waals surface area contributed by atoms with E-state index < -0.39 is 21.1 Å². The van der Waals surface area contributed by atoms with Gasteiger partial charge in [0, 0.05) is 49.0 Å². The molecule has 0 aliphatic rings. The van der Waals surface area contributed by atoms with E-state index in [4.69, 9.17) is 4.74 Å². The first-order valence-electron chi connectivity index (χ1n) is 11.9. The van der Waals surface area contributed by atoms with E-state index in [-0.39, 0.29) is 35.4 Å². The van der Waals surface area contributed by atoms with Crippen LogP contribution in [0.3, 0.4) is 0 Å². The first-order valence-corrected chi connectivity index (χ1v) is 14.9. The van der Waals surface area contributed by atoms with Crippen LogP contribution in [-0.4, -0.2) is 47.8 Å². The van der Waals surface area contributed by atoms with Gasteiger partial charge in [-0.05, 0) is 54.6 Å². The van der Waals surface area contributed by atoms with Crippen molar-refractivity contribution in [1.82, 2.24) is 9.55 Å². The van der Waals surface area contributed by atoms with Gasteiger partial charge >= 0.3 is 0 Å². The first kappa shape index (κ1) is 28.0. The van der Waals surface area contributed by atoms with Gasteiger partial charge < -0.3 is 14.4 Å². The molecule has 2 aromatic heterocycles. The number of nitro groups is 1. The predicted octanol–water partition coefficient (Wildman–Crippen LogP) is 5.89. The number of non-ortho nitro benzene ring substituents is 1. The van der Waals surface area contributed by atoms with E-state index in [2.05, 4.69) is 36.8 Å². The molecule has 0 fully saturated rings. The minimum absolute atomic E-state index is 0.0341. The molecule has 2 heterocycles. The number of nitro benzene ring substituents is 1. The molecule has 0 saturated carbocycles. The lowest BCUT2D eigenvalue weighted by molar-refractivity contribution is -0.384. The minimum Gasteiger partial charge on any atom is -0.481 e. The standard InChI is InChI=1S/C27H22Br2N4O6S/c1-39-27-4-2-3-26(30-27)32(40(37,38)21-9-7-19(8-10-21)33(35)36)16-20(34)15-31-24-11-5-17(28)13-22(24)23-14-18(29)6-12-25(23)31/h2-14,20,34H,15-16H2,1H3. The minimum atomic E-state index is -4.28. The molecule has 0 aliphatic heterocycles. The van der Waals surface area contributed by atoms with Gasteiger partial charge in [0.05, 0.1) is 36.1 Å². The second-order valence-corrected chi connectivity index (χ2v) is 12.6. The van der Waals surface area contributed by atoms with Crippen molar-refractivity contribution in [2.24, 2.45) is 0 Å².